The maximum Gasteiger partial charge on any atom is 0.340 e. The molecule has 0 saturated heterocycles. The number of nitrogens with one attached hydrogen (secondary N) is 1. The number of aromatic nitrogens is 2. The van der Waals surface area contributed by atoms with E-state index in [1.807, 2.05) is 20.8 Å². The predicted molar refractivity (Wildman–Crippen MR) is 66.3 cm³/mol. The molecule has 4 nitrogen and oxygen atoms in total. The van der Waals surface area contributed by atoms with Gasteiger partial charge in [-0.15, -0.1) is 0 Å². The topological polar surface area (TPSA) is 55.0 Å². The van der Waals surface area contributed by atoms with Crippen LogP contribution in [0.2, 0.25) is 5.15 Å². The average molecular weight is 253 g/mol. The molecule has 90 valence electrons. The van der Waals surface area contributed by atoms with E-state index in [4.69, 9.17) is 16.3 Å². The third kappa shape index (κ3) is 2.42. The van der Waals surface area contributed by atoms with Gasteiger partial charge in [0.25, 0.3) is 0 Å². The molecular weight excluding hydrogens is 240 g/mol. The van der Waals surface area contributed by atoms with Crippen LogP contribution in [0.15, 0.2) is 18.5 Å². The van der Waals surface area contributed by atoms with Crippen molar-refractivity contribution < 1.29 is 9.53 Å². The summed E-state index contributed by atoms with van der Waals surface area (Å²) in [5, 5.41) is 0.896. The molecule has 0 aromatic carbocycles. The van der Waals surface area contributed by atoms with Crippen molar-refractivity contribution >= 4 is 28.5 Å². The molecule has 0 bridgehead atoms. The van der Waals surface area contributed by atoms with Crippen LogP contribution >= 0.6 is 11.6 Å². The molecule has 1 N–H and O–H groups in total. The Kier molecular flexibility index (Phi) is 2.83. The number of halogens is 1. The molecule has 2 aromatic heterocycles. The molecule has 0 aliphatic rings. The molecule has 0 fully saturated rings. The molecule has 0 aliphatic heterocycles. The van der Waals surface area contributed by atoms with Crippen LogP contribution in [0, 0.1) is 0 Å². The monoisotopic (exact) mass is 252 g/mol. The highest BCUT2D eigenvalue weighted by Gasteiger charge is 2.21. The summed E-state index contributed by atoms with van der Waals surface area (Å²) in [6.45, 7) is 5.46. The minimum atomic E-state index is -0.532. The summed E-state index contributed by atoms with van der Waals surface area (Å²) >= 11 is 5.98. The van der Waals surface area contributed by atoms with Crippen LogP contribution in [0.1, 0.15) is 31.1 Å². The number of aromatic amines is 1. The average Bonchev–Trinajstić information content (AvgIpc) is 2.60. The van der Waals surface area contributed by atoms with E-state index in [2.05, 4.69) is 9.97 Å². The molecule has 2 rings (SSSR count). The highest BCUT2D eigenvalue weighted by atomic mass is 35.5. The van der Waals surface area contributed by atoms with Gasteiger partial charge in [0.2, 0.25) is 0 Å². The standard InChI is InChI=1S/C12H13ClN2O2/c1-12(2,3)17-11(16)7-6-15-8-4-5-14-10(13)9(7)8/h4-6,15H,1-3H3. The lowest BCUT2D eigenvalue weighted by molar-refractivity contribution is 0.00719. The first-order chi connectivity index (χ1) is 7.88. The van der Waals surface area contributed by atoms with Gasteiger partial charge in [0.15, 0.2) is 0 Å². The Morgan fingerprint density at radius 1 is 1.47 bits per heavy atom. The molecule has 2 heterocycles. The van der Waals surface area contributed by atoms with Crippen molar-refractivity contribution in [2.75, 3.05) is 0 Å². The number of hydrogen-bond donors (Lipinski definition) is 1. The van der Waals surface area contributed by atoms with Gasteiger partial charge in [-0.2, -0.15) is 0 Å². The van der Waals surface area contributed by atoms with E-state index in [0.717, 1.165) is 5.52 Å². The predicted octanol–water partition coefficient (Wildman–Crippen LogP) is 3.17. The molecule has 0 aliphatic carbocycles. The van der Waals surface area contributed by atoms with E-state index in [-0.39, 0.29) is 0 Å². The summed E-state index contributed by atoms with van der Waals surface area (Å²) in [5.41, 5.74) is 0.647. The van der Waals surface area contributed by atoms with Gasteiger partial charge in [0.05, 0.1) is 16.5 Å². The van der Waals surface area contributed by atoms with Gasteiger partial charge in [0, 0.05) is 12.4 Å². The summed E-state index contributed by atoms with van der Waals surface area (Å²) < 4.78 is 5.30. The van der Waals surface area contributed by atoms with Gasteiger partial charge < -0.3 is 9.72 Å². The van der Waals surface area contributed by atoms with Gasteiger partial charge in [-0.05, 0) is 26.8 Å². The Bertz CT molecular complexity index is 569. The summed E-state index contributed by atoms with van der Waals surface area (Å²) in [5.74, 6) is -0.404. The number of ether oxygens (including phenoxy) is 1. The van der Waals surface area contributed by atoms with Crippen molar-refractivity contribution in [2.45, 2.75) is 26.4 Å². The maximum absolute atomic E-state index is 12.0. The number of hydrogen-bond acceptors (Lipinski definition) is 3. The zero-order valence-electron chi connectivity index (χ0n) is 9.87. The number of esters is 1. The zero-order chi connectivity index (χ0) is 12.6. The second kappa shape index (κ2) is 4.04. The number of carbonyl (C=O) groups excluding carboxylic acids is 1. The normalized spacial score (nSPS) is 11.8. The van der Waals surface area contributed by atoms with E-state index >= 15 is 0 Å². The van der Waals surface area contributed by atoms with Crippen LogP contribution < -0.4 is 0 Å². The van der Waals surface area contributed by atoms with Crippen molar-refractivity contribution in [2.24, 2.45) is 0 Å². The Morgan fingerprint density at radius 2 is 2.18 bits per heavy atom. The van der Waals surface area contributed by atoms with Crippen LogP contribution in [-0.4, -0.2) is 21.5 Å². The minimum absolute atomic E-state index is 0.296. The third-order valence-corrected chi connectivity index (χ3v) is 2.45. The molecule has 2 aromatic rings. The molecule has 0 unspecified atom stereocenters. The summed E-state index contributed by atoms with van der Waals surface area (Å²) in [6, 6.07) is 1.76. The van der Waals surface area contributed by atoms with Crippen molar-refractivity contribution in [3.8, 4) is 0 Å². The van der Waals surface area contributed by atoms with Crippen LogP contribution in [0.3, 0.4) is 0 Å². The van der Waals surface area contributed by atoms with Gasteiger partial charge in [-0.3, -0.25) is 0 Å². The number of pyridine rings is 1. The van der Waals surface area contributed by atoms with Crippen molar-refractivity contribution in [1.29, 1.82) is 0 Å². The molecule has 0 radical (unpaired) electrons. The van der Waals surface area contributed by atoms with E-state index in [0.29, 0.717) is 16.1 Å². The molecule has 0 atom stereocenters. The number of H-pyrrole nitrogens is 1. The Hall–Kier alpha value is -1.55. The highest BCUT2D eigenvalue weighted by Crippen LogP contribution is 2.26. The maximum atomic E-state index is 12.0. The fourth-order valence-electron chi connectivity index (χ4n) is 1.53. The largest absolute Gasteiger partial charge is 0.456 e. The first-order valence-electron chi connectivity index (χ1n) is 5.23. The van der Waals surface area contributed by atoms with Crippen LogP contribution in [0.25, 0.3) is 10.9 Å². The Labute approximate surface area is 104 Å². The minimum Gasteiger partial charge on any atom is -0.456 e. The smallest absolute Gasteiger partial charge is 0.340 e. The number of carbonyl (C=O) groups is 1. The van der Waals surface area contributed by atoms with E-state index in [1.54, 1.807) is 18.5 Å². The molecule has 17 heavy (non-hydrogen) atoms. The molecule has 0 amide bonds. The highest BCUT2D eigenvalue weighted by molar-refractivity contribution is 6.35. The lowest BCUT2D eigenvalue weighted by atomic mass is 10.1. The number of fused-ring (bicyclic) bond motifs is 1. The van der Waals surface area contributed by atoms with Crippen LogP contribution in [-0.2, 0) is 4.74 Å². The van der Waals surface area contributed by atoms with Gasteiger partial charge >= 0.3 is 5.97 Å². The second-order valence-corrected chi connectivity index (χ2v) is 5.09. The first-order valence-corrected chi connectivity index (χ1v) is 5.61. The lowest BCUT2D eigenvalue weighted by Gasteiger charge is -2.19. The van der Waals surface area contributed by atoms with Crippen molar-refractivity contribution in [3.63, 3.8) is 0 Å². The quantitative estimate of drug-likeness (QED) is 0.626. The fourth-order valence-corrected chi connectivity index (χ4v) is 1.79. The fraction of sp³-hybridized carbons (Fsp3) is 0.333. The van der Waals surface area contributed by atoms with Gasteiger partial charge in [-0.25, -0.2) is 9.78 Å². The van der Waals surface area contributed by atoms with E-state index in [1.165, 1.54) is 0 Å². The third-order valence-electron chi connectivity index (χ3n) is 2.16. The van der Waals surface area contributed by atoms with Crippen LogP contribution in [0.5, 0.6) is 0 Å². The number of nitrogens with zero attached hydrogens (tertiary/aromatic N) is 1. The number of rotatable bonds is 1. The van der Waals surface area contributed by atoms with Gasteiger partial charge in [-0.1, -0.05) is 11.6 Å². The van der Waals surface area contributed by atoms with E-state index in [9.17, 15) is 4.79 Å². The molecule has 5 heteroatoms. The van der Waals surface area contributed by atoms with Crippen molar-refractivity contribution in [1.82, 2.24) is 9.97 Å². The Balaban J connectivity index is 2.46. The summed E-state index contributed by atoms with van der Waals surface area (Å²) in [7, 11) is 0. The second-order valence-electron chi connectivity index (χ2n) is 4.73. The molecule has 0 saturated carbocycles. The zero-order valence-corrected chi connectivity index (χ0v) is 10.6. The molecular formula is C12H13ClN2O2. The first kappa shape index (κ1) is 11.9. The SMILES string of the molecule is CC(C)(C)OC(=O)c1c[nH]c2ccnc(Cl)c12. The molecule has 0 spiro atoms. The van der Waals surface area contributed by atoms with Gasteiger partial charge in [0.1, 0.15) is 10.8 Å². The Morgan fingerprint density at radius 3 is 2.82 bits per heavy atom. The van der Waals surface area contributed by atoms with Crippen molar-refractivity contribution in [3.05, 3.63) is 29.2 Å². The van der Waals surface area contributed by atoms with E-state index < -0.39 is 11.6 Å². The lowest BCUT2D eigenvalue weighted by Crippen LogP contribution is -2.23. The van der Waals surface area contributed by atoms with Crippen LogP contribution in [0.4, 0.5) is 0 Å². The summed E-state index contributed by atoms with van der Waals surface area (Å²) in [4.78, 5) is 18.9. The summed E-state index contributed by atoms with van der Waals surface area (Å²) in [6.07, 6.45) is 3.17.